The van der Waals surface area contributed by atoms with Gasteiger partial charge in [0.25, 0.3) is 0 Å². The normalized spacial score (nSPS) is 27.3. The summed E-state index contributed by atoms with van der Waals surface area (Å²) >= 11 is 1.69. The van der Waals surface area contributed by atoms with Gasteiger partial charge in [0.15, 0.2) is 0 Å². The molecule has 0 radical (unpaired) electrons. The van der Waals surface area contributed by atoms with E-state index in [0.717, 1.165) is 25.7 Å². The zero-order valence-corrected chi connectivity index (χ0v) is 11.6. The van der Waals surface area contributed by atoms with Crippen LogP contribution in [-0.4, -0.2) is 23.7 Å². The molecule has 0 bridgehead atoms. The maximum absolute atomic E-state index is 11.9. The van der Waals surface area contributed by atoms with Crippen LogP contribution in [0, 0.1) is 5.41 Å². The minimum Gasteiger partial charge on any atom is -0.396 e. The third-order valence-corrected chi connectivity index (χ3v) is 4.89. The minimum absolute atomic E-state index is 0.106. The van der Waals surface area contributed by atoms with E-state index in [1.165, 1.54) is 4.88 Å². The summed E-state index contributed by atoms with van der Waals surface area (Å²) in [6.07, 6.45) is 4.43. The van der Waals surface area contributed by atoms with Crippen LogP contribution in [0.25, 0.3) is 0 Å². The first-order valence-electron chi connectivity index (χ1n) is 6.57. The number of rotatable bonds is 5. The number of carbonyl (C=O) groups is 1. The summed E-state index contributed by atoms with van der Waals surface area (Å²) in [5.41, 5.74) is -0.126. The van der Waals surface area contributed by atoms with E-state index in [2.05, 4.69) is 18.3 Å². The first-order chi connectivity index (χ1) is 8.64. The third-order valence-electron chi connectivity index (χ3n) is 3.96. The standard InChI is InChI=1S/C14H21NO2S/c1-14(10-16)8-2-5-12(14)15-13(17)7-6-11-4-3-9-18-11/h3-4,9,12,16H,2,5-8,10H2,1H3,(H,15,17). The minimum atomic E-state index is -0.126. The maximum atomic E-state index is 11.9. The highest BCUT2D eigenvalue weighted by molar-refractivity contribution is 7.09. The summed E-state index contributed by atoms with van der Waals surface area (Å²) in [4.78, 5) is 13.2. The zero-order chi connectivity index (χ0) is 13.0. The van der Waals surface area contributed by atoms with E-state index in [9.17, 15) is 9.90 Å². The van der Waals surface area contributed by atoms with Gasteiger partial charge in [0.1, 0.15) is 0 Å². The van der Waals surface area contributed by atoms with Gasteiger partial charge in [0.05, 0.1) is 6.61 Å². The molecule has 1 amide bonds. The average Bonchev–Trinajstić information content (AvgIpc) is 2.98. The molecule has 1 heterocycles. The van der Waals surface area contributed by atoms with Crippen molar-refractivity contribution in [2.45, 2.75) is 45.1 Å². The summed E-state index contributed by atoms with van der Waals surface area (Å²) in [7, 11) is 0. The molecule has 1 fully saturated rings. The monoisotopic (exact) mass is 267 g/mol. The van der Waals surface area contributed by atoms with Crippen LogP contribution < -0.4 is 5.32 Å². The number of carbonyl (C=O) groups excluding carboxylic acids is 1. The van der Waals surface area contributed by atoms with Crippen molar-refractivity contribution in [1.29, 1.82) is 0 Å². The van der Waals surface area contributed by atoms with Crippen molar-refractivity contribution in [3.63, 3.8) is 0 Å². The van der Waals surface area contributed by atoms with Crippen LogP contribution in [0.15, 0.2) is 17.5 Å². The van der Waals surface area contributed by atoms with Gasteiger partial charge in [-0.25, -0.2) is 0 Å². The molecule has 3 nitrogen and oxygen atoms in total. The molecular formula is C14H21NO2S. The maximum Gasteiger partial charge on any atom is 0.220 e. The Morgan fingerprint density at radius 2 is 2.50 bits per heavy atom. The van der Waals surface area contributed by atoms with E-state index in [1.54, 1.807) is 11.3 Å². The molecule has 2 N–H and O–H groups in total. The van der Waals surface area contributed by atoms with Crippen molar-refractivity contribution < 1.29 is 9.90 Å². The Labute approximate surface area is 112 Å². The highest BCUT2D eigenvalue weighted by Gasteiger charge is 2.38. The van der Waals surface area contributed by atoms with Gasteiger partial charge < -0.3 is 10.4 Å². The molecule has 1 aromatic rings. The molecule has 0 saturated heterocycles. The van der Waals surface area contributed by atoms with Crippen molar-refractivity contribution in [3.05, 3.63) is 22.4 Å². The molecule has 1 aliphatic carbocycles. The van der Waals surface area contributed by atoms with Gasteiger partial charge in [-0.1, -0.05) is 19.4 Å². The molecule has 2 unspecified atom stereocenters. The number of aryl methyl sites for hydroxylation is 1. The SMILES string of the molecule is CC1(CO)CCCC1NC(=O)CCc1cccs1. The molecule has 100 valence electrons. The quantitative estimate of drug-likeness (QED) is 0.860. The van der Waals surface area contributed by atoms with Gasteiger partial charge in [-0.3, -0.25) is 4.79 Å². The van der Waals surface area contributed by atoms with Gasteiger partial charge in [0, 0.05) is 22.8 Å². The molecule has 18 heavy (non-hydrogen) atoms. The highest BCUT2D eigenvalue weighted by Crippen LogP contribution is 2.37. The Morgan fingerprint density at radius 1 is 1.67 bits per heavy atom. The molecule has 0 spiro atoms. The molecule has 1 aromatic heterocycles. The van der Waals surface area contributed by atoms with Gasteiger partial charge in [-0.2, -0.15) is 0 Å². The molecule has 2 rings (SSSR count). The molecule has 0 aliphatic heterocycles. The van der Waals surface area contributed by atoms with Gasteiger partial charge >= 0.3 is 0 Å². The number of amides is 1. The van der Waals surface area contributed by atoms with E-state index in [0.29, 0.717) is 6.42 Å². The number of hydrogen-bond acceptors (Lipinski definition) is 3. The van der Waals surface area contributed by atoms with Crippen LogP contribution in [0.3, 0.4) is 0 Å². The predicted molar refractivity (Wildman–Crippen MR) is 73.6 cm³/mol. The number of nitrogens with one attached hydrogen (secondary N) is 1. The highest BCUT2D eigenvalue weighted by atomic mass is 32.1. The Balaban J connectivity index is 1.80. The van der Waals surface area contributed by atoms with Crippen molar-refractivity contribution >= 4 is 17.2 Å². The van der Waals surface area contributed by atoms with E-state index < -0.39 is 0 Å². The fourth-order valence-electron chi connectivity index (χ4n) is 2.63. The van der Waals surface area contributed by atoms with Gasteiger partial charge in [-0.05, 0) is 30.7 Å². The first-order valence-corrected chi connectivity index (χ1v) is 7.44. The van der Waals surface area contributed by atoms with Crippen molar-refractivity contribution in [2.24, 2.45) is 5.41 Å². The molecule has 2 atom stereocenters. The predicted octanol–water partition coefficient (Wildman–Crippen LogP) is 2.35. The number of aliphatic hydroxyl groups excluding tert-OH is 1. The smallest absolute Gasteiger partial charge is 0.220 e. The molecule has 0 aromatic carbocycles. The zero-order valence-electron chi connectivity index (χ0n) is 10.8. The largest absolute Gasteiger partial charge is 0.396 e. The van der Waals surface area contributed by atoms with Crippen LogP contribution in [-0.2, 0) is 11.2 Å². The van der Waals surface area contributed by atoms with Crippen molar-refractivity contribution in [3.8, 4) is 0 Å². The summed E-state index contributed by atoms with van der Waals surface area (Å²) in [6.45, 7) is 2.22. The molecule has 1 saturated carbocycles. The summed E-state index contributed by atoms with van der Waals surface area (Å²) in [5, 5.41) is 14.6. The van der Waals surface area contributed by atoms with E-state index >= 15 is 0 Å². The van der Waals surface area contributed by atoms with Gasteiger partial charge in [0.2, 0.25) is 5.91 Å². The fraction of sp³-hybridized carbons (Fsp3) is 0.643. The molecule has 4 heteroatoms. The second kappa shape index (κ2) is 5.85. The van der Waals surface area contributed by atoms with E-state index in [1.807, 2.05) is 11.4 Å². The topological polar surface area (TPSA) is 49.3 Å². The van der Waals surface area contributed by atoms with Crippen LogP contribution >= 0.6 is 11.3 Å². The number of aliphatic hydroxyl groups is 1. The lowest BCUT2D eigenvalue weighted by atomic mass is 9.86. The fourth-order valence-corrected chi connectivity index (χ4v) is 3.34. The Morgan fingerprint density at radius 3 is 3.17 bits per heavy atom. The third kappa shape index (κ3) is 3.12. The second-order valence-electron chi connectivity index (χ2n) is 5.40. The Kier molecular flexibility index (Phi) is 4.40. The average molecular weight is 267 g/mol. The first kappa shape index (κ1) is 13.6. The summed E-state index contributed by atoms with van der Waals surface area (Å²) in [5.74, 6) is 0.106. The lowest BCUT2D eigenvalue weighted by Crippen LogP contribution is -2.44. The Hall–Kier alpha value is -0.870. The van der Waals surface area contributed by atoms with Crippen LogP contribution in [0.1, 0.15) is 37.5 Å². The second-order valence-corrected chi connectivity index (χ2v) is 6.44. The lowest BCUT2D eigenvalue weighted by molar-refractivity contribution is -0.122. The Bertz CT molecular complexity index is 391. The summed E-state index contributed by atoms with van der Waals surface area (Å²) in [6, 6.07) is 4.21. The van der Waals surface area contributed by atoms with E-state index in [-0.39, 0.29) is 24.0 Å². The summed E-state index contributed by atoms with van der Waals surface area (Å²) < 4.78 is 0. The number of thiophene rings is 1. The lowest BCUT2D eigenvalue weighted by Gasteiger charge is -2.30. The van der Waals surface area contributed by atoms with Gasteiger partial charge in [-0.15, -0.1) is 11.3 Å². The van der Waals surface area contributed by atoms with Crippen molar-refractivity contribution in [1.82, 2.24) is 5.32 Å². The van der Waals surface area contributed by atoms with Crippen molar-refractivity contribution in [2.75, 3.05) is 6.61 Å². The molecule has 1 aliphatic rings. The van der Waals surface area contributed by atoms with Crippen LogP contribution in [0.4, 0.5) is 0 Å². The van der Waals surface area contributed by atoms with Crippen LogP contribution in [0.2, 0.25) is 0 Å². The van der Waals surface area contributed by atoms with Crippen LogP contribution in [0.5, 0.6) is 0 Å². The van der Waals surface area contributed by atoms with E-state index in [4.69, 9.17) is 0 Å². The number of hydrogen-bond donors (Lipinski definition) is 2. The molecular weight excluding hydrogens is 246 g/mol.